The Bertz CT molecular complexity index is 1150. The summed E-state index contributed by atoms with van der Waals surface area (Å²) >= 11 is 0. The van der Waals surface area contributed by atoms with Gasteiger partial charge in [0.2, 0.25) is 5.43 Å². The third-order valence-corrected chi connectivity index (χ3v) is 6.57. The van der Waals surface area contributed by atoms with E-state index in [2.05, 4.69) is 0 Å². The van der Waals surface area contributed by atoms with Gasteiger partial charge in [0.05, 0.1) is 12.6 Å². The molecule has 1 saturated carbocycles. The number of pyridine rings is 1. The van der Waals surface area contributed by atoms with Gasteiger partial charge in [-0.1, -0.05) is 30.3 Å². The summed E-state index contributed by atoms with van der Waals surface area (Å²) in [5, 5.41) is 0. The molecule has 0 radical (unpaired) electrons. The number of amides is 1. The average Bonchev–Trinajstić information content (AvgIpc) is 3.27. The van der Waals surface area contributed by atoms with Crippen molar-refractivity contribution >= 4 is 11.9 Å². The van der Waals surface area contributed by atoms with Crippen molar-refractivity contribution in [3.8, 4) is 5.75 Å². The second-order valence-corrected chi connectivity index (χ2v) is 8.44. The lowest BCUT2D eigenvalue weighted by Gasteiger charge is -2.43. The second-order valence-electron chi connectivity index (χ2n) is 8.44. The standard InChI is InChI=1S/C23H22F2N2O5/c1-2-31-22(30)15-10-26-11-17-16-8-14(9-23(16,24)25)27(17)21(29)18(26)20(19(15)28)32-12-13-6-4-3-5-7-13/h3-7,10,14,16-17H,2,8-9,11-12H2,1H3/t14-,16?,17+/m1/s1. The molecule has 2 aliphatic heterocycles. The third-order valence-electron chi connectivity index (χ3n) is 6.57. The number of fused-ring (bicyclic) bond motifs is 6. The molecule has 0 N–H and O–H groups in total. The zero-order chi connectivity index (χ0) is 22.6. The number of hydrogen-bond acceptors (Lipinski definition) is 5. The van der Waals surface area contributed by atoms with Gasteiger partial charge < -0.3 is 18.9 Å². The highest BCUT2D eigenvalue weighted by Gasteiger charge is 2.63. The normalized spacial score (nSPS) is 24.8. The zero-order valence-corrected chi connectivity index (χ0v) is 17.4. The molecule has 1 unspecified atom stereocenters. The van der Waals surface area contributed by atoms with Crippen molar-refractivity contribution in [2.24, 2.45) is 5.92 Å². The predicted octanol–water partition coefficient (Wildman–Crippen LogP) is 2.86. The smallest absolute Gasteiger partial charge is 0.343 e. The lowest BCUT2D eigenvalue weighted by Crippen LogP contribution is -2.56. The molecule has 5 rings (SSSR count). The van der Waals surface area contributed by atoms with E-state index in [1.165, 1.54) is 15.7 Å². The van der Waals surface area contributed by atoms with Crippen LogP contribution in [0.3, 0.4) is 0 Å². The Kier molecular flexibility index (Phi) is 4.79. The van der Waals surface area contributed by atoms with Crippen molar-refractivity contribution in [2.45, 2.75) is 50.9 Å². The molecule has 1 aromatic heterocycles. The summed E-state index contributed by atoms with van der Waals surface area (Å²) in [7, 11) is 0. The number of benzene rings is 1. The summed E-state index contributed by atoms with van der Waals surface area (Å²) in [6.45, 7) is 1.74. The van der Waals surface area contributed by atoms with Gasteiger partial charge in [-0.3, -0.25) is 9.59 Å². The Balaban J connectivity index is 1.59. The largest absolute Gasteiger partial charge is 0.483 e. The molecule has 7 nitrogen and oxygen atoms in total. The van der Waals surface area contributed by atoms with Crippen molar-refractivity contribution < 1.29 is 27.8 Å². The maximum atomic E-state index is 14.4. The summed E-state index contributed by atoms with van der Waals surface area (Å²) in [5.74, 6) is -5.38. The second kappa shape index (κ2) is 7.43. The van der Waals surface area contributed by atoms with Crippen molar-refractivity contribution in [2.75, 3.05) is 6.61 Å². The number of piperidine rings is 1. The SMILES string of the molecule is CCOC(=O)c1cn2c(c(OCc3ccccc3)c1=O)C(=O)N1[C@@H]3CC([C@@H]1C2)C(F)(F)C3. The molecule has 0 spiro atoms. The minimum atomic E-state index is -2.83. The van der Waals surface area contributed by atoms with Crippen LogP contribution in [0.25, 0.3) is 0 Å². The summed E-state index contributed by atoms with van der Waals surface area (Å²) in [5.41, 5.74) is -0.263. The van der Waals surface area contributed by atoms with Gasteiger partial charge in [-0.05, 0) is 18.9 Å². The fourth-order valence-corrected chi connectivity index (χ4v) is 5.21. The maximum Gasteiger partial charge on any atom is 0.343 e. The van der Waals surface area contributed by atoms with Crippen LogP contribution in [-0.2, 0) is 17.9 Å². The van der Waals surface area contributed by atoms with E-state index in [4.69, 9.17) is 9.47 Å². The maximum absolute atomic E-state index is 14.4. The first kappa shape index (κ1) is 20.7. The Hall–Kier alpha value is -3.23. The number of esters is 1. The van der Waals surface area contributed by atoms with Gasteiger partial charge >= 0.3 is 5.97 Å². The number of rotatable bonds is 5. The first-order valence-corrected chi connectivity index (χ1v) is 10.6. The Labute approximate surface area is 182 Å². The predicted molar refractivity (Wildman–Crippen MR) is 109 cm³/mol. The van der Waals surface area contributed by atoms with Crippen molar-refractivity contribution in [3.05, 3.63) is 63.6 Å². The van der Waals surface area contributed by atoms with Crippen LogP contribution >= 0.6 is 0 Å². The minimum Gasteiger partial charge on any atom is -0.483 e. The molecular weight excluding hydrogens is 422 g/mol. The molecular formula is C23H22F2N2O5. The number of halogens is 2. The van der Waals surface area contributed by atoms with E-state index in [-0.39, 0.29) is 49.6 Å². The van der Waals surface area contributed by atoms with Gasteiger partial charge in [0.15, 0.2) is 11.4 Å². The average molecular weight is 444 g/mol. The molecule has 1 saturated heterocycles. The van der Waals surface area contributed by atoms with E-state index in [1.54, 1.807) is 19.1 Å². The molecule has 2 fully saturated rings. The van der Waals surface area contributed by atoms with E-state index >= 15 is 0 Å². The Morgan fingerprint density at radius 1 is 1.22 bits per heavy atom. The molecule has 3 heterocycles. The molecule has 1 amide bonds. The van der Waals surface area contributed by atoms with Gasteiger partial charge in [-0.25, -0.2) is 13.6 Å². The Morgan fingerprint density at radius 3 is 2.69 bits per heavy atom. The Morgan fingerprint density at radius 2 is 1.97 bits per heavy atom. The van der Waals surface area contributed by atoms with Gasteiger partial charge in [0.25, 0.3) is 11.8 Å². The summed E-state index contributed by atoms with van der Waals surface area (Å²) < 4.78 is 40.9. The van der Waals surface area contributed by atoms with Crippen molar-refractivity contribution in [1.82, 2.24) is 9.47 Å². The van der Waals surface area contributed by atoms with E-state index in [0.717, 1.165) is 5.56 Å². The van der Waals surface area contributed by atoms with Crippen LogP contribution in [0.1, 0.15) is 46.2 Å². The van der Waals surface area contributed by atoms with E-state index < -0.39 is 41.2 Å². The van der Waals surface area contributed by atoms with Crippen LogP contribution < -0.4 is 10.2 Å². The van der Waals surface area contributed by atoms with Crippen LogP contribution in [-0.4, -0.2) is 46.0 Å². The van der Waals surface area contributed by atoms with Crippen molar-refractivity contribution in [1.29, 1.82) is 0 Å². The fourth-order valence-electron chi connectivity index (χ4n) is 5.21. The van der Waals surface area contributed by atoms with Crippen LogP contribution in [0, 0.1) is 5.92 Å². The van der Waals surface area contributed by atoms with Gasteiger partial charge in [-0.2, -0.15) is 0 Å². The highest BCUT2D eigenvalue weighted by Crippen LogP contribution is 2.53. The molecule has 3 aliphatic rings. The van der Waals surface area contributed by atoms with Crippen LogP contribution in [0.2, 0.25) is 0 Å². The first-order chi connectivity index (χ1) is 15.3. The molecule has 2 aromatic rings. The number of hydrogen-bond donors (Lipinski definition) is 0. The van der Waals surface area contributed by atoms with Crippen LogP contribution in [0.5, 0.6) is 5.75 Å². The zero-order valence-electron chi connectivity index (χ0n) is 17.4. The summed E-state index contributed by atoms with van der Waals surface area (Å²) in [4.78, 5) is 40.5. The summed E-state index contributed by atoms with van der Waals surface area (Å²) in [6, 6.07) is 7.81. The highest BCUT2D eigenvalue weighted by atomic mass is 19.3. The lowest BCUT2D eigenvalue weighted by atomic mass is 9.92. The quantitative estimate of drug-likeness (QED) is 0.663. The molecule has 9 heteroatoms. The highest BCUT2D eigenvalue weighted by molar-refractivity contribution is 5.98. The number of ether oxygens (including phenoxy) is 2. The van der Waals surface area contributed by atoms with Crippen molar-refractivity contribution in [3.63, 3.8) is 0 Å². The molecule has 168 valence electrons. The molecule has 1 aromatic carbocycles. The molecule has 2 bridgehead atoms. The number of carbonyl (C=O) groups is 2. The number of nitrogens with zero attached hydrogens (tertiary/aromatic N) is 2. The number of carbonyl (C=O) groups excluding carboxylic acids is 2. The number of alkyl halides is 2. The lowest BCUT2D eigenvalue weighted by molar-refractivity contribution is -0.0887. The number of aromatic nitrogens is 1. The van der Waals surface area contributed by atoms with Gasteiger partial charge in [0.1, 0.15) is 12.2 Å². The van der Waals surface area contributed by atoms with Gasteiger partial charge in [-0.15, -0.1) is 0 Å². The van der Waals surface area contributed by atoms with Crippen LogP contribution in [0.15, 0.2) is 41.3 Å². The third kappa shape index (κ3) is 3.10. The fraction of sp³-hybridized carbons (Fsp3) is 0.435. The molecule has 1 aliphatic carbocycles. The topological polar surface area (TPSA) is 77.8 Å². The first-order valence-electron chi connectivity index (χ1n) is 10.6. The van der Waals surface area contributed by atoms with E-state index in [9.17, 15) is 23.2 Å². The monoisotopic (exact) mass is 444 g/mol. The van der Waals surface area contributed by atoms with E-state index in [1.807, 2.05) is 18.2 Å². The van der Waals surface area contributed by atoms with Gasteiger partial charge in [0, 0.05) is 31.1 Å². The minimum absolute atomic E-state index is 0.00824. The molecule has 32 heavy (non-hydrogen) atoms. The van der Waals surface area contributed by atoms with E-state index in [0.29, 0.717) is 0 Å². The van der Waals surface area contributed by atoms with Crippen LogP contribution in [0.4, 0.5) is 8.78 Å². The molecule has 3 atom stereocenters. The summed E-state index contributed by atoms with van der Waals surface area (Å²) in [6.07, 6.45) is 1.10.